The number of aliphatic hydroxyl groups excluding tert-OH is 4. The van der Waals surface area contributed by atoms with E-state index >= 15 is 0 Å². The van der Waals surface area contributed by atoms with Gasteiger partial charge in [-0.05, 0) is 0 Å². The third kappa shape index (κ3) is 10.8. The molecule has 20 heteroatoms. The summed E-state index contributed by atoms with van der Waals surface area (Å²) < 4.78 is 5.07. The molecule has 0 amide bonds. The van der Waals surface area contributed by atoms with E-state index in [0.717, 1.165) is 0 Å². The zero-order valence-corrected chi connectivity index (χ0v) is 24.4. The fraction of sp³-hybridized carbons (Fsp3) is 0.720. The molecule has 3 heterocycles. The number of aromatic amines is 1. The summed E-state index contributed by atoms with van der Waals surface area (Å²) in [6, 6.07) is -1.39. The van der Waals surface area contributed by atoms with Crippen molar-refractivity contribution in [2.45, 2.75) is 37.2 Å². The molecule has 20 nitrogen and oxygen atoms in total. The molecule has 10 N–H and O–H groups in total. The van der Waals surface area contributed by atoms with Crippen molar-refractivity contribution < 1.29 is 60.0 Å². The fourth-order valence-corrected chi connectivity index (χ4v) is 5.12. The summed E-state index contributed by atoms with van der Waals surface area (Å²) in [4.78, 5) is 60.2. The van der Waals surface area contributed by atoms with Gasteiger partial charge in [0.15, 0.2) is 6.29 Å². The Kier molecular flexibility index (Phi) is 13.4. The Morgan fingerprint density at radius 1 is 0.800 bits per heavy atom. The van der Waals surface area contributed by atoms with Crippen LogP contribution in [0.25, 0.3) is 0 Å². The molecule has 2 unspecified atom stereocenters. The Balaban J connectivity index is 1.79. The number of nitrogens with zero attached hydrogens (tertiary/aromatic N) is 5. The lowest BCUT2D eigenvalue weighted by molar-refractivity contribution is -0.245. The zero-order valence-electron chi connectivity index (χ0n) is 24.4. The van der Waals surface area contributed by atoms with Crippen molar-refractivity contribution in [3.8, 4) is 5.88 Å². The van der Waals surface area contributed by atoms with Crippen LogP contribution in [0.5, 0.6) is 5.88 Å². The first kappa shape index (κ1) is 36.0. The van der Waals surface area contributed by atoms with Crippen LogP contribution in [0.1, 0.15) is 5.56 Å². The number of carboxylic acid groups (broad SMARTS) is 3. The second-order valence-electron chi connectivity index (χ2n) is 10.9. The predicted octanol–water partition coefficient (Wildman–Crippen LogP) is -5.34. The first-order valence-electron chi connectivity index (χ1n) is 14.2. The molecule has 0 bridgehead atoms. The number of ether oxygens (including phenoxy) is 1. The van der Waals surface area contributed by atoms with E-state index < -0.39 is 66.6 Å². The maximum absolute atomic E-state index is 13.0. The minimum atomic E-state index is -1.71. The quantitative estimate of drug-likeness (QED) is 0.107. The van der Waals surface area contributed by atoms with E-state index in [1.807, 2.05) is 0 Å². The molecule has 3 rings (SSSR count). The molecule has 0 spiro atoms. The SMILES string of the molecule is O=C(O)CN1CCN(CC(=O)O)CCN(Cc2c(O)nc(NC3[C@H](O)OC(CO)[C@@H](O)[C@@H]3O)[nH]c2=O)CCN(CC(=O)O)CC1. The Morgan fingerprint density at radius 2 is 1.24 bits per heavy atom. The number of aliphatic carboxylic acids is 3. The summed E-state index contributed by atoms with van der Waals surface area (Å²) in [5.41, 5.74) is -0.962. The van der Waals surface area contributed by atoms with E-state index in [1.165, 1.54) is 0 Å². The van der Waals surface area contributed by atoms with E-state index in [4.69, 9.17) is 4.74 Å². The Bertz CT molecular complexity index is 1190. The van der Waals surface area contributed by atoms with Gasteiger partial charge in [0.05, 0.1) is 31.8 Å². The molecule has 0 aromatic carbocycles. The van der Waals surface area contributed by atoms with Crippen molar-refractivity contribution in [3.63, 3.8) is 0 Å². The number of hydrogen-bond acceptors (Lipinski definition) is 16. The third-order valence-corrected chi connectivity index (χ3v) is 7.59. The van der Waals surface area contributed by atoms with Crippen LogP contribution in [-0.2, 0) is 25.7 Å². The van der Waals surface area contributed by atoms with Gasteiger partial charge in [0.2, 0.25) is 11.8 Å². The highest BCUT2D eigenvalue weighted by Crippen LogP contribution is 2.23. The zero-order chi connectivity index (χ0) is 33.3. The van der Waals surface area contributed by atoms with Crippen molar-refractivity contribution in [3.05, 3.63) is 15.9 Å². The molecule has 254 valence electrons. The van der Waals surface area contributed by atoms with E-state index in [9.17, 15) is 60.0 Å². The molecule has 1 aromatic heterocycles. The summed E-state index contributed by atoms with van der Waals surface area (Å²) in [5, 5.41) is 81.1. The first-order valence-corrected chi connectivity index (χ1v) is 14.2. The Hall–Kier alpha value is -3.47. The van der Waals surface area contributed by atoms with Gasteiger partial charge in [-0.2, -0.15) is 4.98 Å². The largest absolute Gasteiger partial charge is 0.493 e. The van der Waals surface area contributed by atoms with Crippen molar-refractivity contribution in [1.82, 2.24) is 29.6 Å². The average molecular weight is 648 g/mol. The number of carboxylic acids is 3. The molecule has 0 aliphatic carbocycles. The van der Waals surface area contributed by atoms with Gasteiger partial charge < -0.3 is 50.9 Å². The standard InChI is InChI=1S/C25H41N7O13/c33-13-15-20(40)21(41)19(24(44)45-15)26-25-27-22(42)14(23(43)28-25)9-29-1-3-30(10-16(34)35)5-7-32(12-18(38)39)8-6-31(4-2-29)11-17(36)37/h15,19-21,24,33,40-41,44H,1-13H2,(H,34,35)(H,36,37)(H,38,39)(H3,26,27,28,42,43)/t15?,19?,20-,21-,24-/m1/s1. The molecule has 2 fully saturated rings. The number of nitrogens with one attached hydrogen (secondary N) is 2. The number of anilines is 1. The molecule has 0 radical (unpaired) electrons. The van der Waals surface area contributed by atoms with Gasteiger partial charge in [-0.1, -0.05) is 0 Å². The molecule has 2 saturated heterocycles. The van der Waals surface area contributed by atoms with Crippen LogP contribution in [0, 0.1) is 0 Å². The highest BCUT2D eigenvalue weighted by molar-refractivity contribution is 5.69. The van der Waals surface area contributed by atoms with Crippen molar-refractivity contribution in [2.75, 3.05) is 83.9 Å². The van der Waals surface area contributed by atoms with Crippen molar-refractivity contribution in [2.24, 2.45) is 0 Å². The minimum Gasteiger partial charge on any atom is -0.493 e. The van der Waals surface area contributed by atoms with Crippen molar-refractivity contribution >= 4 is 23.9 Å². The first-order chi connectivity index (χ1) is 21.3. The fourth-order valence-electron chi connectivity index (χ4n) is 5.12. The third-order valence-electron chi connectivity index (χ3n) is 7.59. The van der Waals surface area contributed by atoms with Crippen molar-refractivity contribution in [1.29, 1.82) is 0 Å². The number of aromatic hydroxyl groups is 1. The van der Waals surface area contributed by atoms with Gasteiger partial charge in [-0.25, -0.2) is 0 Å². The van der Waals surface area contributed by atoms with Gasteiger partial charge in [0, 0.05) is 58.9 Å². The van der Waals surface area contributed by atoms with Crippen LogP contribution in [0.15, 0.2) is 4.79 Å². The molecule has 2 aliphatic rings. The Morgan fingerprint density at radius 3 is 1.64 bits per heavy atom. The summed E-state index contributed by atoms with van der Waals surface area (Å²) in [5.74, 6) is -4.32. The number of rotatable bonds is 11. The van der Waals surface area contributed by atoms with Crippen LogP contribution in [0.3, 0.4) is 0 Å². The monoisotopic (exact) mass is 647 g/mol. The molecule has 0 saturated carbocycles. The smallest absolute Gasteiger partial charge is 0.317 e. The van der Waals surface area contributed by atoms with Crippen LogP contribution in [0.4, 0.5) is 5.95 Å². The lowest BCUT2D eigenvalue weighted by Crippen LogP contribution is -2.61. The van der Waals surface area contributed by atoms with E-state index in [2.05, 4.69) is 15.3 Å². The normalized spacial score (nSPS) is 26.9. The van der Waals surface area contributed by atoms with Gasteiger partial charge in [-0.3, -0.25) is 43.8 Å². The van der Waals surface area contributed by atoms with E-state index in [-0.39, 0.29) is 90.0 Å². The molecule has 45 heavy (non-hydrogen) atoms. The second-order valence-corrected chi connectivity index (χ2v) is 10.9. The van der Waals surface area contributed by atoms with Gasteiger partial charge in [0.25, 0.3) is 5.56 Å². The minimum absolute atomic E-state index is 0.170. The van der Waals surface area contributed by atoms with E-state index in [0.29, 0.717) is 0 Å². The molecule has 1 aromatic rings. The molecular formula is C25H41N7O13. The molecule has 5 atom stereocenters. The topological polar surface area (TPSA) is 293 Å². The maximum Gasteiger partial charge on any atom is 0.317 e. The summed E-state index contributed by atoms with van der Waals surface area (Å²) >= 11 is 0. The molecular weight excluding hydrogens is 606 g/mol. The van der Waals surface area contributed by atoms with Crippen LogP contribution in [-0.4, -0.2) is 198 Å². The number of aliphatic hydroxyl groups is 4. The van der Waals surface area contributed by atoms with Gasteiger partial charge in [0.1, 0.15) is 24.4 Å². The predicted molar refractivity (Wildman–Crippen MR) is 151 cm³/mol. The lowest BCUT2D eigenvalue weighted by atomic mass is 9.97. The summed E-state index contributed by atoms with van der Waals surface area (Å²) in [6.45, 7) is -0.214. The number of hydrogen-bond donors (Lipinski definition) is 10. The van der Waals surface area contributed by atoms with Gasteiger partial charge in [-0.15, -0.1) is 0 Å². The van der Waals surface area contributed by atoms with E-state index in [1.54, 1.807) is 19.6 Å². The van der Waals surface area contributed by atoms with Crippen LogP contribution >= 0.6 is 0 Å². The number of carbonyl (C=O) groups is 3. The van der Waals surface area contributed by atoms with Crippen LogP contribution in [0.2, 0.25) is 0 Å². The number of H-pyrrole nitrogens is 1. The van der Waals surface area contributed by atoms with Crippen LogP contribution < -0.4 is 10.9 Å². The average Bonchev–Trinajstić information content (AvgIpc) is 2.95. The number of aromatic nitrogens is 2. The Labute approximate surface area is 256 Å². The summed E-state index contributed by atoms with van der Waals surface area (Å²) in [6.07, 6.45) is -6.18. The highest BCUT2D eigenvalue weighted by Gasteiger charge is 2.44. The highest BCUT2D eigenvalue weighted by atomic mass is 16.6. The molecule has 2 aliphatic heterocycles. The summed E-state index contributed by atoms with van der Waals surface area (Å²) in [7, 11) is 0. The van der Waals surface area contributed by atoms with Gasteiger partial charge >= 0.3 is 17.9 Å². The maximum atomic E-state index is 13.0. The second kappa shape index (κ2) is 16.7. The lowest BCUT2D eigenvalue weighted by Gasteiger charge is -2.40.